The molecule has 0 bridgehead atoms. The first-order valence-corrected chi connectivity index (χ1v) is 10.7. The summed E-state index contributed by atoms with van der Waals surface area (Å²) in [7, 11) is 0. The number of aryl methyl sites for hydroxylation is 1. The number of hydrogen-bond donors (Lipinski definition) is 3. The Morgan fingerprint density at radius 2 is 1.79 bits per heavy atom. The Hall–Kier alpha value is -3.83. The lowest BCUT2D eigenvalue weighted by Crippen LogP contribution is -2.44. The van der Waals surface area contributed by atoms with Crippen LogP contribution in [0, 0.1) is 4.77 Å². The van der Waals surface area contributed by atoms with Crippen molar-refractivity contribution in [2.45, 2.75) is 20.0 Å². The number of carbonyl (C=O) groups excluding carboxylic acids is 2. The third-order valence-corrected chi connectivity index (χ3v) is 5.42. The first-order chi connectivity index (χ1) is 15.9. The Kier molecular flexibility index (Phi) is 6.33. The highest BCUT2D eigenvalue weighted by molar-refractivity contribution is 7.71. The molecule has 0 spiro atoms. The number of nitrogens with one attached hydrogen (secondary N) is 3. The van der Waals surface area contributed by atoms with Gasteiger partial charge in [0.05, 0.1) is 5.39 Å². The van der Waals surface area contributed by atoms with E-state index in [0.29, 0.717) is 33.7 Å². The molecule has 0 unspecified atom stereocenters. The minimum absolute atomic E-state index is 0.0223. The summed E-state index contributed by atoms with van der Waals surface area (Å²) in [6.07, 6.45) is 0. The molecule has 2 amide bonds. The first-order valence-electron chi connectivity index (χ1n) is 9.89. The van der Waals surface area contributed by atoms with Crippen LogP contribution in [0.25, 0.3) is 22.2 Å². The van der Waals surface area contributed by atoms with Crippen molar-refractivity contribution >= 4 is 46.4 Å². The molecule has 4 rings (SSSR count). The molecule has 2 heterocycles. The maximum Gasteiger partial charge on any atom is 0.290 e. The number of nitrogens with zero attached hydrogens (tertiary/aromatic N) is 4. The van der Waals surface area contributed by atoms with Crippen LogP contribution >= 0.6 is 23.8 Å². The molecule has 10 nitrogen and oxygen atoms in total. The lowest BCUT2D eigenvalue weighted by molar-refractivity contribution is -0.122. The molecule has 0 saturated heterocycles. The van der Waals surface area contributed by atoms with Crippen molar-refractivity contribution in [2.75, 3.05) is 0 Å². The molecule has 0 aliphatic rings. The molecule has 2 aromatic carbocycles. The summed E-state index contributed by atoms with van der Waals surface area (Å²) >= 11 is 11.2. The van der Waals surface area contributed by atoms with Gasteiger partial charge in [0.1, 0.15) is 6.54 Å². The highest BCUT2D eigenvalue weighted by atomic mass is 35.5. The Bertz CT molecular complexity index is 1470. The van der Waals surface area contributed by atoms with Crippen molar-refractivity contribution < 1.29 is 9.59 Å². The number of rotatable bonds is 5. The zero-order chi connectivity index (χ0) is 23.5. The molecule has 0 atom stereocenters. The van der Waals surface area contributed by atoms with Crippen LogP contribution in [0.1, 0.15) is 17.4 Å². The zero-order valence-corrected chi connectivity index (χ0v) is 18.9. The van der Waals surface area contributed by atoms with E-state index in [2.05, 4.69) is 26.1 Å². The molecule has 3 N–H and O–H groups in total. The number of H-pyrrole nitrogens is 1. The maximum absolute atomic E-state index is 12.8. The summed E-state index contributed by atoms with van der Waals surface area (Å²) in [6, 6.07) is 13.6. The Labute approximate surface area is 197 Å². The average Bonchev–Trinajstić information content (AvgIpc) is 3.18. The van der Waals surface area contributed by atoms with Gasteiger partial charge in [-0.1, -0.05) is 29.8 Å². The molecule has 33 heavy (non-hydrogen) atoms. The van der Waals surface area contributed by atoms with Gasteiger partial charge in [-0.15, -0.1) is 0 Å². The van der Waals surface area contributed by atoms with Gasteiger partial charge < -0.3 is 0 Å². The summed E-state index contributed by atoms with van der Waals surface area (Å²) in [5.41, 5.74) is 5.14. The van der Waals surface area contributed by atoms with E-state index in [0.717, 1.165) is 0 Å². The van der Waals surface area contributed by atoms with Gasteiger partial charge in [0.15, 0.2) is 16.3 Å². The summed E-state index contributed by atoms with van der Waals surface area (Å²) < 4.78 is 2.93. The third kappa shape index (κ3) is 4.54. The second kappa shape index (κ2) is 9.35. The largest absolute Gasteiger partial charge is 0.291 e. The number of benzene rings is 2. The molecular formula is C21H18ClN7O3S. The Balaban J connectivity index is 1.52. The van der Waals surface area contributed by atoms with Gasteiger partial charge in [0.25, 0.3) is 17.4 Å². The van der Waals surface area contributed by atoms with E-state index in [1.54, 1.807) is 55.5 Å². The number of hydrazine groups is 1. The molecule has 4 aromatic rings. The highest BCUT2D eigenvalue weighted by Gasteiger charge is 2.18. The van der Waals surface area contributed by atoms with Gasteiger partial charge in [-0.2, -0.15) is 10.2 Å². The molecule has 0 radical (unpaired) electrons. The van der Waals surface area contributed by atoms with E-state index in [1.165, 1.54) is 9.25 Å². The molecule has 2 aromatic heterocycles. The van der Waals surface area contributed by atoms with Crippen LogP contribution in [0.3, 0.4) is 0 Å². The van der Waals surface area contributed by atoms with E-state index in [-0.39, 0.29) is 22.6 Å². The topological polar surface area (TPSA) is 127 Å². The molecular weight excluding hydrogens is 466 g/mol. The van der Waals surface area contributed by atoms with Crippen molar-refractivity contribution in [2.24, 2.45) is 0 Å². The van der Waals surface area contributed by atoms with Crippen LogP contribution in [0.15, 0.2) is 53.3 Å². The second-order valence-corrected chi connectivity index (χ2v) is 7.79. The molecule has 12 heteroatoms. The number of hydrogen-bond acceptors (Lipinski definition) is 6. The quantitative estimate of drug-likeness (QED) is 0.295. The predicted octanol–water partition coefficient (Wildman–Crippen LogP) is 2.45. The maximum atomic E-state index is 12.8. The normalized spacial score (nSPS) is 10.8. The highest BCUT2D eigenvalue weighted by Crippen LogP contribution is 2.20. The van der Waals surface area contributed by atoms with Crippen LogP contribution < -0.4 is 16.4 Å². The van der Waals surface area contributed by atoms with Crippen molar-refractivity contribution in [3.63, 3.8) is 0 Å². The molecule has 0 aliphatic carbocycles. The van der Waals surface area contributed by atoms with Crippen LogP contribution in [0.5, 0.6) is 0 Å². The van der Waals surface area contributed by atoms with Gasteiger partial charge >= 0.3 is 0 Å². The number of carbonyl (C=O) groups is 2. The van der Waals surface area contributed by atoms with Gasteiger partial charge in [0.2, 0.25) is 0 Å². The van der Waals surface area contributed by atoms with E-state index in [4.69, 9.17) is 23.8 Å². The van der Waals surface area contributed by atoms with Gasteiger partial charge in [-0.25, -0.2) is 4.68 Å². The fourth-order valence-corrected chi connectivity index (χ4v) is 3.59. The smallest absolute Gasteiger partial charge is 0.290 e. The van der Waals surface area contributed by atoms with E-state index in [9.17, 15) is 14.4 Å². The van der Waals surface area contributed by atoms with Crippen LogP contribution in [0.2, 0.25) is 5.02 Å². The van der Waals surface area contributed by atoms with Crippen molar-refractivity contribution in [3.8, 4) is 11.4 Å². The third-order valence-electron chi connectivity index (χ3n) is 4.86. The SMILES string of the molecule is CCn1nc(C(=O)NNC(=O)Cn2c(-c3ccc(Cl)cc3)n[nH]c2=S)c2ccccc2c1=O. The van der Waals surface area contributed by atoms with Crippen molar-refractivity contribution in [1.82, 2.24) is 35.4 Å². The summed E-state index contributed by atoms with van der Waals surface area (Å²) in [5, 5.41) is 12.3. The molecule has 0 fully saturated rings. The average molecular weight is 484 g/mol. The van der Waals surface area contributed by atoms with Crippen LogP contribution in [-0.4, -0.2) is 36.4 Å². The lowest BCUT2D eigenvalue weighted by atomic mass is 10.1. The van der Waals surface area contributed by atoms with E-state index >= 15 is 0 Å². The minimum Gasteiger partial charge on any atom is -0.291 e. The fourth-order valence-electron chi connectivity index (χ4n) is 3.27. The minimum atomic E-state index is -0.657. The lowest BCUT2D eigenvalue weighted by Gasteiger charge is -2.11. The Morgan fingerprint density at radius 1 is 1.09 bits per heavy atom. The zero-order valence-electron chi connectivity index (χ0n) is 17.3. The summed E-state index contributed by atoms with van der Waals surface area (Å²) in [6.45, 7) is 1.85. The van der Waals surface area contributed by atoms with Gasteiger partial charge in [0, 0.05) is 22.5 Å². The van der Waals surface area contributed by atoms with Crippen LogP contribution in [-0.2, 0) is 17.9 Å². The number of amides is 2. The van der Waals surface area contributed by atoms with Gasteiger partial charge in [-0.3, -0.25) is 34.9 Å². The number of fused-ring (bicyclic) bond motifs is 1. The summed E-state index contributed by atoms with van der Waals surface area (Å²) in [5.74, 6) is -0.750. The molecule has 0 saturated carbocycles. The van der Waals surface area contributed by atoms with E-state index in [1.807, 2.05) is 0 Å². The predicted molar refractivity (Wildman–Crippen MR) is 125 cm³/mol. The molecule has 168 valence electrons. The second-order valence-electron chi connectivity index (χ2n) is 6.96. The monoisotopic (exact) mass is 483 g/mol. The van der Waals surface area contributed by atoms with Crippen molar-refractivity contribution in [1.29, 1.82) is 0 Å². The van der Waals surface area contributed by atoms with Crippen molar-refractivity contribution in [3.05, 3.63) is 74.4 Å². The van der Waals surface area contributed by atoms with Crippen LogP contribution in [0.4, 0.5) is 0 Å². The fraction of sp³-hybridized carbons (Fsp3) is 0.143. The van der Waals surface area contributed by atoms with E-state index < -0.39 is 11.8 Å². The number of aromatic amines is 1. The summed E-state index contributed by atoms with van der Waals surface area (Å²) in [4.78, 5) is 37.8. The standard InChI is InChI=1S/C21H18ClN7O3S/c1-2-29-20(32)15-6-4-3-5-14(15)17(27-29)19(31)25-23-16(30)11-28-18(24-26-21(28)33)12-7-9-13(22)10-8-12/h3-10H,2,11H2,1H3,(H,23,30)(H,25,31)(H,26,33). The number of halogens is 1. The Morgan fingerprint density at radius 3 is 2.48 bits per heavy atom. The number of aromatic nitrogens is 5. The molecule has 0 aliphatic heterocycles. The van der Waals surface area contributed by atoms with Gasteiger partial charge in [-0.05, 0) is 49.5 Å². The first kappa shape index (κ1) is 22.4.